The summed E-state index contributed by atoms with van der Waals surface area (Å²) in [6, 6.07) is 11.2. The number of aromatic nitrogens is 1. The Kier molecular flexibility index (Phi) is 5.24. The molecule has 0 unspecified atom stereocenters. The Labute approximate surface area is 160 Å². The van der Waals surface area contributed by atoms with E-state index in [2.05, 4.69) is 15.6 Å². The lowest BCUT2D eigenvalue weighted by molar-refractivity contribution is -0.115. The van der Waals surface area contributed by atoms with Crippen LogP contribution in [0, 0.1) is 0 Å². The summed E-state index contributed by atoms with van der Waals surface area (Å²) in [6.45, 7) is 1.76. The predicted octanol–water partition coefficient (Wildman–Crippen LogP) is 3.30. The average Bonchev–Trinajstić information content (AvgIpc) is 3.02. The van der Waals surface area contributed by atoms with Crippen LogP contribution in [0.3, 0.4) is 0 Å². The first-order valence-electron chi connectivity index (χ1n) is 8.08. The predicted molar refractivity (Wildman–Crippen MR) is 106 cm³/mol. The average molecular weight is 403 g/mol. The topological polar surface area (TPSA) is 105 Å². The van der Waals surface area contributed by atoms with Gasteiger partial charge in [0.15, 0.2) is 15.0 Å². The summed E-state index contributed by atoms with van der Waals surface area (Å²) in [7, 11) is -3.30. The Balaban J connectivity index is 1.76. The van der Waals surface area contributed by atoms with Crippen LogP contribution >= 0.6 is 11.3 Å². The number of sulfone groups is 1. The number of nitrogens with one attached hydrogen (secondary N) is 2. The first kappa shape index (κ1) is 19.0. The molecule has 0 saturated carbocycles. The van der Waals surface area contributed by atoms with E-state index < -0.39 is 9.84 Å². The fourth-order valence-electron chi connectivity index (χ4n) is 2.31. The zero-order valence-electron chi connectivity index (χ0n) is 14.6. The molecule has 7 nitrogen and oxygen atoms in total. The lowest BCUT2D eigenvalue weighted by Crippen LogP contribution is -2.12. The number of carbonyl (C=O) groups is 2. The second kappa shape index (κ2) is 7.45. The standard InChI is InChI=1S/C18H17N3O4S2/c1-3-16(22)19-12-6-4-11(5-7-12)17(23)21-18-20-14-9-8-13(27(2,24)25)10-15(14)26-18/h4-10H,3H2,1-2H3,(H,19,22)(H,20,21,23). The maximum atomic E-state index is 12.4. The van der Waals surface area contributed by atoms with E-state index >= 15 is 0 Å². The van der Waals surface area contributed by atoms with E-state index in [1.807, 2.05) is 0 Å². The van der Waals surface area contributed by atoms with Gasteiger partial charge in [0.05, 0.1) is 15.1 Å². The number of amides is 2. The fraction of sp³-hybridized carbons (Fsp3) is 0.167. The Bertz CT molecular complexity index is 1120. The summed E-state index contributed by atoms with van der Waals surface area (Å²) in [5.41, 5.74) is 1.65. The van der Waals surface area contributed by atoms with Crippen molar-refractivity contribution in [2.75, 3.05) is 16.9 Å². The van der Waals surface area contributed by atoms with E-state index in [1.54, 1.807) is 43.3 Å². The number of fused-ring (bicyclic) bond motifs is 1. The second-order valence-electron chi connectivity index (χ2n) is 5.85. The largest absolute Gasteiger partial charge is 0.326 e. The van der Waals surface area contributed by atoms with Crippen molar-refractivity contribution >= 4 is 54.0 Å². The zero-order chi connectivity index (χ0) is 19.6. The van der Waals surface area contributed by atoms with E-state index in [1.165, 1.54) is 17.4 Å². The quantitative estimate of drug-likeness (QED) is 0.680. The number of hydrogen-bond donors (Lipinski definition) is 2. The second-order valence-corrected chi connectivity index (χ2v) is 8.90. The highest BCUT2D eigenvalue weighted by Gasteiger charge is 2.13. The molecule has 0 aliphatic rings. The van der Waals surface area contributed by atoms with Gasteiger partial charge >= 0.3 is 0 Å². The fourth-order valence-corrected chi connectivity index (χ4v) is 3.93. The third-order valence-electron chi connectivity index (χ3n) is 3.76. The van der Waals surface area contributed by atoms with E-state index in [0.717, 1.165) is 6.26 Å². The Hall–Kier alpha value is -2.78. The van der Waals surface area contributed by atoms with Crippen LogP contribution in [0.2, 0.25) is 0 Å². The first-order valence-corrected chi connectivity index (χ1v) is 10.8. The molecule has 1 aromatic heterocycles. The number of thiazole rings is 1. The van der Waals surface area contributed by atoms with Crippen LogP contribution in [0.5, 0.6) is 0 Å². The van der Waals surface area contributed by atoms with Crippen LogP contribution in [-0.2, 0) is 14.6 Å². The van der Waals surface area contributed by atoms with E-state index in [9.17, 15) is 18.0 Å². The third kappa shape index (κ3) is 4.50. The van der Waals surface area contributed by atoms with Gasteiger partial charge in [-0.3, -0.25) is 14.9 Å². The van der Waals surface area contributed by atoms with Gasteiger partial charge in [-0.15, -0.1) is 0 Å². The molecule has 9 heteroatoms. The minimum absolute atomic E-state index is 0.102. The monoisotopic (exact) mass is 403 g/mol. The molecular weight excluding hydrogens is 386 g/mol. The normalized spacial score (nSPS) is 11.3. The first-order chi connectivity index (χ1) is 12.8. The number of anilines is 2. The van der Waals surface area contributed by atoms with Crippen molar-refractivity contribution in [1.29, 1.82) is 0 Å². The molecule has 27 heavy (non-hydrogen) atoms. The van der Waals surface area contributed by atoms with Gasteiger partial charge in [-0.05, 0) is 42.5 Å². The lowest BCUT2D eigenvalue weighted by atomic mass is 10.2. The maximum absolute atomic E-state index is 12.4. The third-order valence-corrected chi connectivity index (χ3v) is 5.80. The van der Waals surface area contributed by atoms with Gasteiger partial charge in [0.25, 0.3) is 5.91 Å². The summed E-state index contributed by atoms with van der Waals surface area (Å²) in [6.07, 6.45) is 1.52. The molecule has 0 saturated heterocycles. The molecule has 0 atom stereocenters. The number of carbonyl (C=O) groups excluding carboxylic acids is 2. The molecule has 2 aromatic carbocycles. The summed E-state index contributed by atoms with van der Waals surface area (Å²) in [5, 5.41) is 5.80. The molecular formula is C18H17N3O4S2. The number of hydrogen-bond acceptors (Lipinski definition) is 6. The van der Waals surface area contributed by atoms with Crippen molar-refractivity contribution in [3.8, 4) is 0 Å². The minimum Gasteiger partial charge on any atom is -0.326 e. The maximum Gasteiger partial charge on any atom is 0.257 e. The summed E-state index contributed by atoms with van der Waals surface area (Å²) in [4.78, 5) is 28.3. The van der Waals surface area contributed by atoms with Gasteiger partial charge in [0, 0.05) is 23.9 Å². The highest BCUT2D eigenvalue weighted by molar-refractivity contribution is 7.90. The van der Waals surface area contributed by atoms with Crippen LogP contribution in [0.25, 0.3) is 10.2 Å². The minimum atomic E-state index is -3.30. The van der Waals surface area contributed by atoms with Crippen molar-refractivity contribution in [3.05, 3.63) is 48.0 Å². The van der Waals surface area contributed by atoms with Crippen molar-refractivity contribution in [2.24, 2.45) is 0 Å². The van der Waals surface area contributed by atoms with Crippen LogP contribution in [0.4, 0.5) is 10.8 Å². The molecule has 1 heterocycles. The van der Waals surface area contributed by atoms with Crippen molar-refractivity contribution in [2.45, 2.75) is 18.2 Å². The molecule has 0 aliphatic heterocycles. The highest BCUT2D eigenvalue weighted by Crippen LogP contribution is 2.28. The molecule has 2 amide bonds. The van der Waals surface area contributed by atoms with Crippen molar-refractivity contribution in [3.63, 3.8) is 0 Å². The van der Waals surface area contributed by atoms with E-state index in [0.29, 0.717) is 33.0 Å². The van der Waals surface area contributed by atoms with Gasteiger partial charge in [-0.1, -0.05) is 18.3 Å². The SMILES string of the molecule is CCC(=O)Nc1ccc(C(=O)Nc2nc3ccc(S(C)(=O)=O)cc3s2)cc1. The molecule has 3 aromatic rings. The van der Waals surface area contributed by atoms with Crippen LogP contribution in [-0.4, -0.2) is 31.5 Å². The molecule has 0 spiro atoms. The van der Waals surface area contributed by atoms with Crippen molar-refractivity contribution < 1.29 is 18.0 Å². The van der Waals surface area contributed by atoms with E-state index in [4.69, 9.17) is 0 Å². The highest BCUT2D eigenvalue weighted by atomic mass is 32.2. The molecule has 3 rings (SSSR count). The number of benzene rings is 2. The summed E-state index contributed by atoms with van der Waals surface area (Å²) >= 11 is 1.20. The lowest BCUT2D eigenvalue weighted by Gasteiger charge is -2.05. The van der Waals surface area contributed by atoms with Crippen LogP contribution < -0.4 is 10.6 Å². The number of rotatable bonds is 5. The number of nitrogens with zero attached hydrogens (tertiary/aromatic N) is 1. The van der Waals surface area contributed by atoms with Gasteiger partial charge < -0.3 is 5.32 Å². The smallest absolute Gasteiger partial charge is 0.257 e. The summed E-state index contributed by atoms with van der Waals surface area (Å²) < 4.78 is 24.0. The molecule has 140 valence electrons. The van der Waals surface area contributed by atoms with Crippen LogP contribution in [0.1, 0.15) is 23.7 Å². The molecule has 0 radical (unpaired) electrons. The zero-order valence-corrected chi connectivity index (χ0v) is 16.3. The van der Waals surface area contributed by atoms with E-state index in [-0.39, 0.29) is 16.7 Å². The molecule has 0 aliphatic carbocycles. The van der Waals surface area contributed by atoms with Gasteiger partial charge in [-0.25, -0.2) is 13.4 Å². The molecule has 2 N–H and O–H groups in total. The van der Waals surface area contributed by atoms with Crippen molar-refractivity contribution in [1.82, 2.24) is 4.98 Å². The Morgan fingerprint density at radius 3 is 2.41 bits per heavy atom. The van der Waals surface area contributed by atoms with Crippen LogP contribution in [0.15, 0.2) is 47.4 Å². The van der Waals surface area contributed by atoms with Gasteiger partial charge in [0.2, 0.25) is 5.91 Å². The molecule has 0 bridgehead atoms. The van der Waals surface area contributed by atoms with Gasteiger partial charge in [-0.2, -0.15) is 0 Å². The summed E-state index contributed by atoms with van der Waals surface area (Å²) in [5.74, 6) is -0.444. The Morgan fingerprint density at radius 1 is 1.07 bits per heavy atom. The Morgan fingerprint density at radius 2 is 1.78 bits per heavy atom. The van der Waals surface area contributed by atoms with Gasteiger partial charge in [0.1, 0.15) is 0 Å². The molecule has 0 fully saturated rings.